The Morgan fingerprint density at radius 3 is 1.70 bits per heavy atom. The third kappa shape index (κ3) is 3.11. The molecule has 3 rings (SSSR count). The highest BCUT2D eigenvalue weighted by Gasteiger charge is 2.02. The Kier molecular flexibility index (Phi) is 3.96. The van der Waals surface area contributed by atoms with Crippen molar-refractivity contribution >= 4 is 10.8 Å². The number of phenolic OH excluding ortho intramolecular Hbond substituents is 4. The van der Waals surface area contributed by atoms with Crippen molar-refractivity contribution < 1.29 is 20.4 Å². The van der Waals surface area contributed by atoms with Gasteiger partial charge < -0.3 is 20.4 Å². The lowest BCUT2D eigenvalue weighted by Gasteiger charge is -2.01. The summed E-state index contributed by atoms with van der Waals surface area (Å²) in [6, 6.07) is 16.3. The van der Waals surface area contributed by atoms with Crippen LogP contribution in [0.3, 0.4) is 0 Å². The second-order valence-electron chi connectivity index (χ2n) is 4.17. The van der Waals surface area contributed by atoms with Crippen LogP contribution in [0.1, 0.15) is 0 Å². The first-order chi connectivity index (χ1) is 9.58. The Morgan fingerprint density at radius 1 is 0.550 bits per heavy atom. The van der Waals surface area contributed by atoms with Gasteiger partial charge in [0.25, 0.3) is 0 Å². The predicted octanol–water partition coefficient (Wildman–Crippen LogP) is 3.35. The fraction of sp³-hybridized carbons (Fsp3) is 0. The highest BCUT2D eigenvalue weighted by Crippen LogP contribution is 2.32. The maximum atomic E-state index is 9.41. The molecule has 0 fully saturated rings. The lowest BCUT2D eigenvalue weighted by atomic mass is 10.1. The van der Waals surface area contributed by atoms with Crippen LogP contribution in [0.25, 0.3) is 10.8 Å². The molecule has 0 amide bonds. The van der Waals surface area contributed by atoms with Crippen molar-refractivity contribution in [2.24, 2.45) is 0 Å². The second-order valence-corrected chi connectivity index (χ2v) is 4.17. The van der Waals surface area contributed by atoms with Gasteiger partial charge in [-0.3, -0.25) is 0 Å². The predicted molar refractivity (Wildman–Crippen MR) is 77.0 cm³/mol. The summed E-state index contributed by atoms with van der Waals surface area (Å²) in [5.74, 6) is 0.215. The number of hydrogen-bond donors (Lipinski definition) is 4. The van der Waals surface area contributed by atoms with Crippen molar-refractivity contribution in [3.05, 3.63) is 60.7 Å². The molecule has 4 nitrogen and oxygen atoms in total. The van der Waals surface area contributed by atoms with E-state index in [-0.39, 0.29) is 23.0 Å². The van der Waals surface area contributed by atoms with E-state index in [4.69, 9.17) is 15.3 Å². The minimum atomic E-state index is -0.0753. The van der Waals surface area contributed by atoms with Gasteiger partial charge in [0, 0.05) is 5.39 Å². The molecule has 0 saturated carbocycles. The summed E-state index contributed by atoms with van der Waals surface area (Å²) in [6.45, 7) is 0. The van der Waals surface area contributed by atoms with Crippen molar-refractivity contribution in [2.75, 3.05) is 0 Å². The summed E-state index contributed by atoms with van der Waals surface area (Å²) < 4.78 is 0. The third-order valence-electron chi connectivity index (χ3n) is 2.73. The Balaban J connectivity index is 0.000000160. The normalized spacial score (nSPS) is 9.80. The Bertz CT molecular complexity index is 684. The fourth-order valence-corrected chi connectivity index (χ4v) is 1.70. The molecule has 0 bridgehead atoms. The van der Waals surface area contributed by atoms with E-state index >= 15 is 0 Å². The Hall–Kier alpha value is -2.88. The second kappa shape index (κ2) is 5.84. The van der Waals surface area contributed by atoms with Gasteiger partial charge in [0.05, 0.1) is 0 Å². The van der Waals surface area contributed by atoms with Crippen LogP contribution in [0.15, 0.2) is 60.7 Å². The molecule has 4 heteroatoms. The van der Waals surface area contributed by atoms with Crippen LogP contribution >= 0.6 is 0 Å². The quantitative estimate of drug-likeness (QED) is 0.373. The van der Waals surface area contributed by atoms with Crippen LogP contribution in [0.4, 0.5) is 0 Å². The molecule has 0 atom stereocenters. The van der Waals surface area contributed by atoms with Crippen LogP contribution in [-0.2, 0) is 0 Å². The van der Waals surface area contributed by atoms with Crippen molar-refractivity contribution in [1.29, 1.82) is 0 Å². The van der Waals surface area contributed by atoms with Gasteiger partial charge in [-0.15, -0.1) is 0 Å². The molecular formula is C16H14O4. The van der Waals surface area contributed by atoms with E-state index in [0.717, 1.165) is 5.39 Å². The van der Waals surface area contributed by atoms with Crippen molar-refractivity contribution in [3.63, 3.8) is 0 Å². The number of phenols is 4. The lowest BCUT2D eigenvalue weighted by Crippen LogP contribution is -1.73. The van der Waals surface area contributed by atoms with Crippen molar-refractivity contribution in [3.8, 4) is 23.0 Å². The molecule has 3 aromatic rings. The largest absolute Gasteiger partial charge is 0.508 e. The summed E-state index contributed by atoms with van der Waals surface area (Å²) in [7, 11) is 0. The summed E-state index contributed by atoms with van der Waals surface area (Å²) >= 11 is 0. The maximum Gasteiger partial charge on any atom is 0.165 e. The molecule has 0 aliphatic carbocycles. The SMILES string of the molecule is Oc1ccc(O)cc1.Oc1ccc2ccccc2c1O. The number of aromatic hydroxyl groups is 4. The van der Waals surface area contributed by atoms with Gasteiger partial charge in [-0.2, -0.15) is 0 Å². The number of benzene rings is 3. The summed E-state index contributed by atoms with van der Waals surface area (Å²) in [5.41, 5.74) is 0. The molecule has 0 heterocycles. The van der Waals surface area contributed by atoms with Crippen LogP contribution in [0.2, 0.25) is 0 Å². The molecule has 0 aromatic heterocycles. The number of hydrogen-bond acceptors (Lipinski definition) is 4. The molecule has 0 radical (unpaired) electrons. The minimum Gasteiger partial charge on any atom is -0.508 e. The average Bonchev–Trinajstić information content (AvgIpc) is 2.47. The van der Waals surface area contributed by atoms with E-state index in [9.17, 15) is 5.11 Å². The van der Waals surface area contributed by atoms with Crippen molar-refractivity contribution in [2.45, 2.75) is 0 Å². The molecule has 20 heavy (non-hydrogen) atoms. The maximum absolute atomic E-state index is 9.41. The molecular weight excluding hydrogens is 256 g/mol. The van der Waals surface area contributed by atoms with Crippen LogP contribution < -0.4 is 0 Å². The summed E-state index contributed by atoms with van der Waals surface area (Å²) in [5, 5.41) is 37.5. The zero-order valence-corrected chi connectivity index (χ0v) is 10.6. The number of fused-ring (bicyclic) bond motifs is 1. The third-order valence-corrected chi connectivity index (χ3v) is 2.73. The van der Waals surface area contributed by atoms with Gasteiger partial charge in [-0.25, -0.2) is 0 Å². The average molecular weight is 270 g/mol. The molecule has 0 aliphatic heterocycles. The van der Waals surface area contributed by atoms with Gasteiger partial charge in [0.15, 0.2) is 11.5 Å². The van der Waals surface area contributed by atoms with Gasteiger partial charge in [-0.05, 0) is 35.7 Å². The molecule has 0 saturated heterocycles. The highest BCUT2D eigenvalue weighted by atomic mass is 16.3. The van der Waals surface area contributed by atoms with Crippen LogP contribution in [0.5, 0.6) is 23.0 Å². The zero-order valence-electron chi connectivity index (χ0n) is 10.6. The van der Waals surface area contributed by atoms with Gasteiger partial charge in [0.2, 0.25) is 0 Å². The molecule has 0 unspecified atom stereocenters. The van der Waals surface area contributed by atoms with E-state index < -0.39 is 0 Å². The number of rotatable bonds is 0. The topological polar surface area (TPSA) is 80.9 Å². The van der Waals surface area contributed by atoms with Crippen LogP contribution in [0, 0.1) is 0 Å². The molecule has 3 aromatic carbocycles. The lowest BCUT2D eigenvalue weighted by molar-refractivity contribution is 0.408. The van der Waals surface area contributed by atoms with Crippen molar-refractivity contribution in [1.82, 2.24) is 0 Å². The van der Waals surface area contributed by atoms with E-state index in [0.29, 0.717) is 5.39 Å². The molecule has 102 valence electrons. The minimum absolute atomic E-state index is 0.0481. The standard InChI is InChI=1S/C10H8O2.C6H6O2/c11-9-6-5-7-3-1-2-4-8(7)10(9)12;7-5-1-2-6(8)4-3-5/h1-6,11-12H;1-4,7-8H. The first-order valence-electron chi connectivity index (χ1n) is 5.95. The first kappa shape index (κ1) is 13.5. The van der Waals surface area contributed by atoms with Gasteiger partial charge in [-0.1, -0.05) is 30.3 Å². The van der Waals surface area contributed by atoms with E-state index in [1.165, 1.54) is 30.3 Å². The van der Waals surface area contributed by atoms with E-state index in [1.807, 2.05) is 18.2 Å². The van der Waals surface area contributed by atoms with Gasteiger partial charge in [0.1, 0.15) is 11.5 Å². The van der Waals surface area contributed by atoms with E-state index in [2.05, 4.69) is 0 Å². The molecule has 4 N–H and O–H groups in total. The summed E-state index contributed by atoms with van der Waals surface area (Å²) in [6.07, 6.45) is 0. The molecule has 0 spiro atoms. The van der Waals surface area contributed by atoms with E-state index in [1.54, 1.807) is 12.1 Å². The fourth-order valence-electron chi connectivity index (χ4n) is 1.70. The molecule has 0 aliphatic rings. The first-order valence-corrected chi connectivity index (χ1v) is 5.95. The Labute approximate surface area is 115 Å². The zero-order chi connectivity index (χ0) is 14.5. The smallest absolute Gasteiger partial charge is 0.165 e. The van der Waals surface area contributed by atoms with Crippen LogP contribution in [-0.4, -0.2) is 20.4 Å². The highest BCUT2D eigenvalue weighted by molar-refractivity contribution is 5.90. The summed E-state index contributed by atoms with van der Waals surface area (Å²) in [4.78, 5) is 0. The van der Waals surface area contributed by atoms with Gasteiger partial charge >= 0.3 is 0 Å². The Morgan fingerprint density at radius 2 is 1.10 bits per heavy atom. The monoisotopic (exact) mass is 270 g/mol.